The van der Waals surface area contributed by atoms with Gasteiger partial charge in [-0.2, -0.15) is 0 Å². The third-order valence-electron chi connectivity index (χ3n) is 2.81. The standard InChI is InChI=1S/C15H12N2O6/c1-22-15(19)12(16-14(18)13-3-2-8-23-13)9-10-4-6-11(7-5-10)17(20)21/h2-9H,1H3,(H,16,18). The first kappa shape index (κ1) is 16.0. The number of furan rings is 1. The molecule has 1 N–H and O–H groups in total. The van der Waals surface area contributed by atoms with Crippen LogP contribution in [0.3, 0.4) is 0 Å². The summed E-state index contributed by atoms with van der Waals surface area (Å²) in [7, 11) is 1.17. The van der Waals surface area contributed by atoms with Crippen LogP contribution in [0.25, 0.3) is 6.08 Å². The molecule has 0 aliphatic rings. The van der Waals surface area contributed by atoms with Crippen LogP contribution in [-0.4, -0.2) is 23.9 Å². The second kappa shape index (κ2) is 7.03. The van der Waals surface area contributed by atoms with Gasteiger partial charge in [-0.3, -0.25) is 14.9 Å². The molecule has 0 bridgehead atoms. The van der Waals surface area contributed by atoms with Crippen molar-refractivity contribution in [2.45, 2.75) is 0 Å². The zero-order chi connectivity index (χ0) is 16.8. The molecule has 0 radical (unpaired) electrons. The molecule has 0 unspecified atom stereocenters. The first-order valence-electron chi connectivity index (χ1n) is 6.40. The number of carbonyl (C=O) groups is 2. The van der Waals surface area contributed by atoms with Crippen LogP contribution in [-0.2, 0) is 9.53 Å². The van der Waals surface area contributed by atoms with Crippen LogP contribution in [0.15, 0.2) is 52.8 Å². The average Bonchev–Trinajstić information content (AvgIpc) is 3.08. The second-order valence-electron chi connectivity index (χ2n) is 4.33. The van der Waals surface area contributed by atoms with Crippen LogP contribution < -0.4 is 5.32 Å². The van der Waals surface area contributed by atoms with Crippen molar-refractivity contribution >= 4 is 23.6 Å². The minimum absolute atomic E-state index is 0.0310. The van der Waals surface area contributed by atoms with E-state index in [1.807, 2.05) is 0 Å². The van der Waals surface area contributed by atoms with Gasteiger partial charge in [-0.15, -0.1) is 0 Å². The van der Waals surface area contributed by atoms with Crippen molar-refractivity contribution in [1.29, 1.82) is 0 Å². The lowest BCUT2D eigenvalue weighted by Crippen LogP contribution is -2.27. The molecule has 2 aromatic rings. The Hall–Kier alpha value is -3.42. The molecule has 2 rings (SSSR count). The molecule has 0 fully saturated rings. The lowest BCUT2D eigenvalue weighted by atomic mass is 10.1. The fraction of sp³-hybridized carbons (Fsp3) is 0.0667. The molecule has 1 aromatic heterocycles. The summed E-state index contributed by atoms with van der Waals surface area (Å²) in [5.74, 6) is -1.35. The summed E-state index contributed by atoms with van der Waals surface area (Å²) < 4.78 is 9.54. The van der Waals surface area contributed by atoms with Crippen molar-refractivity contribution < 1.29 is 23.7 Å². The Balaban J connectivity index is 2.25. The Morgan fingerprint density at radius 2 is 1.96 bits per heavy atom. The number of amides is 1. The minimum Gasteiger partial charge on any atom is -0.464 e. The maximum atomic E-state index is 11.9. The van der Waals surface area contributed by atoms with Crippen molar-refractivity contribution in [3.8, 4) is 0 Å². The van der Waals surface area contributed by atoms with E-state index in [-0.39, 0.29) is 17.1 Å². The zero-order valence-electron chi connectivity index (χ0n) is 12.0. The third kappa shape index (κ3) is 4.03. The first-order chi connectivity index (χ1) is 11.0. The number of nitro benzene ring substituents is 1. The Morgan fingerprint density at radius 1 is 1.26 bits per heavy atom. The normalized spacial score (nSPS) is 10.9. The molecule has 0 aliphatic carbocycles. The van der Waals surface area contributed by atoms with Crippen molar-refractivity contribution in [3.05, 3.63) is 69.8 Å². The fourth-order valence-corrected chi connectivity index (χ4v) is 1.71. The Morgan fingerprint density at radius 3 is 2.48 bits per heavy atom. The molecule has 0 spiro atoms. The minimum atomic E-state index is -0.761. The van der Waals surface area contributed by atoms with Crippen LogP contribution in [0.4, 0.5) is 5.69 Å². The maximum absolute atomic E-state index is 11.9. The SMILES string of the molecule is COC(=O)C(=Cc1ccc([N+](=O)[O-])cc1)NC(=O)c1ccco1. The van der Waals surface area contributed by atoms with Gasteiger partial charge in [0.1, 0.15) is 5.70 Å². The number of nitro groups is 1. The fourth-order valence-electron chi connectivity index (χ4n) is 1.71. The predicted octanol–water partition coefficient (Wildman–Crippen LogP) is 2.13. The number of nitrogens with one attached hydrogen (secondary N) is 1. The van der Waals surface area contributed by atoms with Crippen molar-refractivity contribution in [2.24, 2.45) is 0 Å². The van der Waals surface area contributed by atoms with E-state index in [0.29, 0.717) is 5.56 Å². The summed E-state index contributed by atoms with van der Waals surface area (Å²) in [6, 6.07) is 8.44. The van der Waals surface area contributed by atoms with Crippen molar-refractivity contribution in [1.82, 2.24) is 5.32 Å². The summed E-state index contributed by atoms with van der Waals surface area (Å²) in [5, 5.41) is 13.0. The molecule has 0 aliphatic heterocycles. The van der Waals surface area contributed by atoms with Gasteiger partial charge in [0.2, 0.25) is 0 Å². The summed E-state index contributed by atoms with van der Waals surface area (Å²) in [4.78, 5) is 33.8. The molecule has 1 aromatic carbocycles. The smallest absolute Gasteiger partial charge is 0.354 e. The topological polar surface area (TPSA) is 112 Å². The van der Waals surface area contributed by atoms with E-state index >= 15 is 0 Å². The van der Waals surface area contributed by atoms with Gasteiger partial charge in [0.25, 0.3) is 11.6 Å². The second-order valence-corrected chi connectivity index (χ2v) is 4.33. The molecule has 8 nitrogen and oxygen atoms in total. The number of methoxy groups -OCH3 is 1. The highest BCUT2D eigenvalue weighted by Gasteiger charge is 2.16. The number of hydrogen-bond acceptors (Lipinski definition) is 6. The first-order valence-corrected chi connectivity index (χ1v) is 6.40. The van der Waals surface area contributed by atoms with Gasteiger partial charge < -0.3 is 14.5 Å². The molecule has 0 saturated carbocycles. The van der Waals surface area contributed by atoms with E-state index in [2.05, 4.69) is 10.1 Å². The number of hydrogen-bond donors (Lipinski definition) is 1. The Bertz CT molecular complexity index is 747. The van der Waals surface area contributed by atoms with Gasteiger partial charge in [0.05, 0.1) is 18.3 Å². The molecule has 23 heavy (non-hydrogen) atoms. The van der Waals surface area contributed by atoms with Gasteiger partial charge in [0.15, 0.2) is 5.76 Å². The number of ether oxygens (including phenoxy) is 1. The van der Waals surface area contributed by atoms with Crippen molar-refractivity contribution in [2.75, 3.05) is 7.11 Å². The van der Waals surface area contributed by atoms with E-state index < -0.39 is 16.8 Å². The quantitative estimate of drug-likeness (QED) is 0.391. The van der Waals surface area contributed by atoms with Gasteiger partial charge in [-0.05, 0) is 35.9 Å². The summed E-state index contributed by atoms with van der Waals surface area (Å²) in [6.07, 6.45) is 2.67. The monoisotopic (exact) mass is 316 g/mol. The highest BCUT2D eigenvalue weighted by molar-refractivity contribution is 6.02. The number of esters is 1. The number of carbonyl (C=O) groups excluding carboxylic acids is 2. The van der Waals surface area contributed by atoms with Gasteiger partial charge in [0, 0.05) is 12.1 Å². The molecule has 1 heterocycles. The Labute approximate surface area is 130 Å². The zero-order valence-corrected chi connectivity index (χ0v) is 12.0. The van der Waals surface area contributed by atoms with Crippen molar-refractivity contribution in [3.63, 3.8) is 0 Å². The van der Waals surface area contributed by atoms with Crippen LogP contribution in [0.1, 0.15) is 16.1 Å². The number of nitrogens with zero attached hydrogens (tertiary/aromatic N) is 1. The lowest BCUT2D eigenvalue weighted by Gasteiger charge is -2.07. The average molecular weight is 316 g/mol. The van der Waals surface area contributed by atoms with Crippen LogP contribution in [0.5, 0.6) is 0 Å². The highest BCUT2D eigenvalue weighted by Crippen LogP contribution is 2.14. The lowest BCUT2D eigenvalue weighted by molar-refractivity contribution is -0.384. The van der Waals surface area contributed by atoms with Crippen LogP contribution in [0, 0.1) is 10.1 Å². The summed E-state index contributed by atoms with van der Waals surface area (Å²) in [6.45, 7) is 0. The van der Waals surface area contributed by atoms with Gasteiger partial charge >= 0.3 is 5.97 Å². The molecular weight excluding hydrogens is 304 g/mol. The molecule has 1 amide bonds. The largest absolute Gasteiger partial charge is 0.464 e. The molecule has 118 valence electrons. The maximum Gasteiger partial charge on any atom is 0.354 e. The van der Waals surface area contributed by atoms with Gasteiger partial charge in [-0.25, -0.2) is 4.79 Å². The molecule has 0 atom stereocenters. The van der Waals surface area contributed by atoms with E-state index in [4.69, 9.17) is 4.42 Å². The Kier molecular flexibility index (Phi) is 4.88. The third-order valence-corrected chi connectivity index (χ3v) is 2.81. The summed E-state index contributed by atoms with van der Waals surface area (Å²) >= 11 is 0. The van der Waals surface area contributed by atoms with E-state index in [1.54, 1.807) is 0 Å². The van der Waals surface area contributed by atoms with Gasteiger partial charge in [-0.1, -0.05) is 0 Å². The predicted molar refractivity (Wildman–Crippen MR) is 79.3 cm³/mol. The number of non-ortho nitro benzene ring substituents is 1. The van der Waals surface area contributed by atoms with Crippen LogP contribution in [0.2, 0.25) is 0 Å². The van der Waals surface area contributed by atoms with E-state index in [1.165, 1.54) is 55.8 Å². The summed E-state index contributed by atoms with van der Waals surface area (Å²) in [5.41, 5.74) is 0.278. The number of benzene rings is 1. The van der Waals surface area contributed by atoms with Crippen LogP contribution >= 0.6 is 0 Å². The number of rotatable bonds is 5. The molecule has 8 heteroatoms. The van der Waals surface area contributed by atoms with E-state index in [9.17, 15) is 19.7 Å². The highest BCUT2D eigenvalue weighted by atomic mass is 16.6. The molecule has 0 saturated heterocycles. The van der Waals surface area contributed by atoms with E-state index in [0.717, 1.165) is 0 Å². The molecular formula is C15H12N2O6.